The molecule has 0 aromatic heterocycles. The minimum atomic E-state index is -0.512. The molecule has 4 N–H and O–H groups in total. The van der Waals surface area contributed by atoms with E-state index in [1.807, 2.05) is 30.3 Å². The number of unbranched alkanes of at least 4 members (excludes halogenated alkanes) is 2. The van der Waals surface area contributed by atoms with Gasteiger partial charge in [-0.3, -0.25) is 19.7 Å². The van der Waals surface area contributed by atoms with E-state index in [-0.39, 0.29) is 31.1 Å². The standard InChI is InChI=1S/C42H55N3O6/c1-41(2)22-34-23-42(3,27-41)28-45(34)25-35-21-37(31-15-13-29(26-46)14-16-31)51-40(50-35)32-19-17-30(18-20-32)36-10-8-7-9-33(36)24-43-38(47)11-5-4-6-12-39(48)44-49/h7-10,13-20,34-35,37,40,46,49H,4-6,11-12,21-28H2,1-3H3,(H,43,47)(H,44,48)/t34?,35-,37+,40+,42?/m1/s1. The second-order valence-electron chi connectivity index (χ2n) is 16.1. The highest BCUT2D eigenvalue weighted by Crippen LogP contribution is 2.53. The van der Waals surface area contributed by atoms with Crippen LogP contribution in [-0.4, -0.2) is 52.3 Å². The number of carbonyl (C=O) groups is 2. The number of fused-ring (bicyclic) bond motifs is 2. The lowest BCUT2D eigenvalue weighted by Gasteiger charge is -2.41. The van der Waals surface area contributed by atoms with E-state index < -0.39 is 12.2 Å². The van der Waals surface area contributed by atoms with Crippen molar-refractivity contribution >= 4 is 11.8 Å². The van der Waals surface area contributed by atoms with Crippen molar-refractivity contribution in [2.45, 2.75) is 116 Å². The number of likely N-dealkylation sites (tertiary alicyclic amines) is 1. The highest BCUT2D eigenvalue weighted by atomic mass is 16.7. The second-order valence-corrected chi connectivity index (χ2v) is 16.1. The van der Waals surface area contributed by atoms with Crippen molar-refractivity contribution < 1.29 is 29.4 Å². The van der Waals surface area contributed by atoms with Crippen LogP contribution in [0.4, 0.5) is 0 Å². The van der Waals surface area contributed by atoms with Gasteiger partial charge >= 0.3 is 0 Å². The molecule has 51 heavy (non-hydrogen) atoms. The zero-order valence-electron chi connectivity index (χ0n) is 30.4. The molecule has 3 aromatic carbocycles. The van der Waals surface area contributed by atoms with Crippen molar-refractivity contribution in [3.8, 4) is 11.1 Å². The lowest BCUT2D eigenvalue weighted by Crippen LogP contribution is -2.42. The molecule has 0 spiro atoms. The maximum absolute atomic E-state index is 12.6. The summed E-state index contributed by atoms with van der Waals surface area (Å²) in [5.41, 5.74) is 8.44. The number of ether oxygens (including phenoxy) is 2. The zero-order valence-corrected chi connectivity index (χ0v) is 30.4. The number of nitrogens with zero attached hydrogens (tertiary/aromatic N) is 1. The highest BCUT2D eigenvalue weighted by Gasteiger charge is 2.50. The van der Waals surface area contributed by atoms with E-state index in [0.29, 0.717) is 42.7 Å². The summed E-state index contributed by atoms with van der Waals surface area (Å²) in [6.45, 7) is 9.73. The molecular weight excluding hydrogens is 642 g/mol. The van der Waals surface area contributed by atoms with E-state index >= 15 is 0 Å². The van der Waals surface area contributed by atoms with Crippen LogP contribution >= 0.6 is 0 Å². The summed E-state index contributed by atoms with van der Waals surface area (Å²) in [4.78, 5) is 26.4. The number of benzene rings is 3. The molecule has 1 aliphatic carbocycles. The van der Waals surface area contributed by atoms with Gasteiger partial charge in [0.15, 0.2) is 6.29 Å². The fourth-order valence-electron chi connectivity index (χ4n) is 8.95. The van der Waals surface area contributed by atoms with Crippen LogP contribution in [0.2, 0.25) is 0 Å². The molecule has 1 saturated carbocycles. The average molecular weight is 698 g/mol. The Kier molecular flexibility index (Phi) is 11.9. The number of nitrogens with one attached hydrogen (secondary N) is 2. The third-order valence-electron chi connectivity index (χ3n) is 11.0. The first kappa shape index (κ1) is 37.2. The molecule has 2 saturated heterocycles. The van der Waals surface area contributed by atoms with Gasteiger partial charge in [0, 0.05) is 50.5 Å². The first-order valence-electron chi connectivity index (χ1n) is 18.7. The number of carbonyl (C=O) groups excluding carboxylic acids is 2. The molecule has 2 bridgehead atoms. The number of aliphatic hydroxyl groups excluding tert-OH is 1. The number of rotatable bonds is 14. The van der Waals surface area contributed by atoms with Gasteiger partial charge in [-0.1, -0.05) is 100.0 Å². The largest absolute Gasteiger partial charge is 0.392 e. The predicted molar refractivity (Wildman–Crippen MR) is 196 cm³/mol. The molecule has 5 atom stereocenters. The Labute approximate surface area is 302 Å². The number of hydroxylamine groups is 1. The monoisotopic (exact) mass is 697 g/mol. The van der Waals surface area contributed by atoms with Gasteiger partial charge in [-0.15, -0.1) is 0 Å². The summed E-state index contributed by atoms with van der Waals surface area (Å²) in [6, 6.07) is 25.2. The minimum Gasteiger partial charge on any atom is -0.392 e. The fourth-order valence-corrected chi connectivity index (χ4v) is 8.95. The Morgan fingerprint density at radius 2 is 1.57 bits per heavy atom. The van der Waals surface area contributed by atoms with Gasteiger partial charge in [-0.05, 0) is 70.8 Å². The molecule has 3 fully saturated rings. The summed E-state index contributed by atoms with van der Waals surface area (Å²) in [6.07, 6.45) is 6.60. The van der Waals surface area contributed by atoms with Crippen molar-refractivity contribution in [3.63, 3.8) is 0 Å². The Morgan fingerprint density at radius 1 is 0.863 bits per heavy atom. The second kappa shape index (κ2) is 16.4. The summed E-state index contributed by atoms with van der Waals surface area (Å²) >= 11 is 0. The molecule has 2 unspecified atom stereocenters. The van der Waals surface area contributed by atoms with Crippen LogP contribution in [0.5, 0.6) is 0 Å². The van der Waals surface area contributed by atoms with Crippen LogP contribution in [-0.2, 0) is 32.2 Å². The third-order valence-corrected chi connectivity index (χ3v) is 11.0. The average Bonchev–Trinajstić information content (AvgIpc) is 3.37. The van der Waals surface area contributed by atoms with Gasteiger partial charge in [0.05, 0.1) is 18.8 Å². The fraction of sp³-hybridized carbons (Fsp3) is 0.524. The van der Waals surface area contributed by atoms with Crippen LogP contribution < -0.4 is 10.8 Å². The van der Waals surface area contributed by atoms with Crippen molar-refractivity contribution in [1.29, 1.82) is 0 Å². The Bertz CT molecular complexity index is 1630. The van der Waals surface area contributed by atoms with Gasteiger partial charge in [0.25, 0.3) is 0 Å². The van der Waals surface area contributed by atoms with Gasteiger partial charge in [-0.2, -0.15) is 0 Å². The zero-order chi connectivity index (χ0) is 36.0. The third kappa shape index (κ3) is 9.64. The molecule has 3 aromatic rings. The Balaban J connectivity index is 1.12. The number of hydrogen-bond acceptors (Lipinski definition) is 7. The molecule has 6 rings (SSSR count). The molecule has 3 aliphatic rings. The van der Waals surface area contributed by atoms with Crippen molar-refractivity contribution in [3.05, 3.63) is 95.1 Å². The Morgan fingerprint density at radius 3 is 2.29 bits per heavy atom. The Hall–Kier alpha value is -3.60. The van der Waals surface area contributed by atoms with E-state index in [9.17, 15) is 14.7 Å². The van der Waals surface area contributed by atoms with E-state index in [1.54, 1.807) is 5.48 Å². The summed E-state index contributed by atoms with van der Waals surface area (Å²) in [5, 5.41) is 21.3. The van der Waals surface area contributed by atoms with Crippen LogP contribution in [0.1, 0.15) is 113 Å². The highest BCUT2D eigenvalue weighted by molar-refractivity contribution is 5.76. The predicted octanol–water partition coefficient (Wildman–Crippen LogP) is 7.36. The molecule has 2 heterocycles. The maximum Gasteiger partial charge on any atom is 0.243 e. The lowest BCUT2D eigenvalue weighted by atomic mass is 9.65. The molecular formula is C42H55N3O6. The van der Waals surface area contributed by atoms with Crippen LogP contribution in [0, 0.1) is 10.8 Å². The SMILES string of the molecule is CC1(C)CC2CC(C)(CN2C[C@H]2C[C@@H](c3ccc(CO)cc3)O[C@@H](c3ccc(-c4ccccc4CNC(=O)CCCCCC(=O)NO)cc3)O2)C1. The van der Waals surface area contributed by atoms with Gasteiger partial charge < -0.3 is 19.9 Å². The van der Waals surface area contributed by atoms with Gasteiger partial charge in [-0.25, -0.2) is 5.48 Å². The smallest absolute Gasteiger partial charge is 0.243 e. The van der Waals surface area contributed by atoms with Crippen molar-refractivity contribution in [2.75, 3.05) is 13.1 Å². The molecule has 2 aliphatic heterocycles. The molecule has 2 amide bonds. The van der Waals surface area contributed by atoms with Crippen LogP contribution in [0.25, 0.3) is 11.1 Å². The van der Waals surface area contributed by atoms with Gasteiger partial charge in [0.2, 0.25) is 11.8 Å². The first-order valence-corrected chi connectivity index (χ1v) is 18.7. The summed E-state index contributed by atoms with van der Waals surface area (Å²) in [5.74, 6) is -0.428. The molecule has 274 valence electrons. The van der Waals surface area contributed by atoms with E-state index in [1.165, 1.54) is 19.3 Å². The van der Waals surface area contributed by atoms with E-state index in [2.05, 4.69) is 73.5 Å². The normalized spacial score (nSPS) is 25.7. The van der Waals surface area contributed by atoms with Crippen molar-refractivity contribution in [1.82, 2.24) is 15.7 Å². The topological polar surface area (TPSA) is 120 Å². The molecule has 9 nitrogen and oxygen atoms in total. The number of amides is 2. The van der Waals surface area contributed by atoms with Gasteiger partial charge in [0.1, 0.15) is 0 Å². The number of aliphatic hydroxyl groups is 1. The summed E-state index contributed by atoms with van der Waals surface area (Å²) < 4.78 is 13.5. The first-order chi connectivity index (χ1) is 24.5. The van der Waals surface area contributed by atoms with E-state index in [0.717, 1.165) is 59.3 Å². The van der Waals surface area contributed by atoms with Crippen LogP contribution in [0.3, 0.4) is 0 Å². The number of hydrogen-bond donors (Lipinski definition) is 4. The summed E-state index contributed by atoms with van der Waals surface area (Å²) in [7, 11) is 0. The van der Waals surface area contributed by atoms with E-state index in [4.69, 9.17) is 14.7 Å². The molecule has 0 radical (unpaired) electrons. The molecule has 9 heteroatoms. The van der Waals surface area contributed by atoms with Crippen LogP contribution in [0.15, 0.2) is 72.8 Å². The maximum atomic E-state index is 12.6. The quantitative estimate of drug-likeness (QED) is 0.0789. The lowest BCUT2D eigenvalue weighted by molar-refractivity contribution is -0.253. The van der Waals surface area contributed by atoms with Crippen molar-refractivity contribution in [2.24, 2.45) is 10.8 Å². The minimum absolute atomic E-state index is 0.0152.